The van der Waals surface area contributed by atoms with E-state index >= 15 is 0 Å². The van der Waals surface area contributed by atoms with Crippen LogP contribution in [0.5, 0.6) is 0 Å². The zero-order chi connectivity index (χ0) is 9.14. The molecule has 0 unspecified atom stereocenters. The van der Waals surface area contributed by atoms with Crippen molar-refractivity contribution in [3.63, 3.8) is 0 Å². The minimum absolute atomic E-state index is 0.116. The van der Waals surface area contributed by atoms with E-state index in [1.807, 2.05) is 7.05 Å². The van der Waals surface area contributed by atoms with Gasteiger partial charge in [0.05, 0.1) is 12.6 Å². The predicted octanol–water partition coefficient (Wildman–Crippen LogP) is -1.68. The summed E-state index contributed by atoms with van der Waals surface area (Å²) in [6.07, 6.45) is 0.530. The van der Waals surface area contributed by atoms with Crippen LogP contribution in [0.25, 0.3) is 0 Å². The van der Waals surface area contributed by atoms with Crippen LogP contribution < -0.4 is 11.5 Å². The lowest BCUT2D eigenvalue weighted by Crippen LogP contribution is -2.30. The molecule has 0 aromatic carbocycles. The van der Waals surface area contributed by atoms with Gasteiger partial charge in [-0.2, -0.15) is 0 Å². The van der Waals surface area contributed by atoms with Gasteiger partial charge < -0.3 is 16.6 Å². The van der Waals surface area contributed by atoms with Gasteiger partial charge in [-0.25, -0.2) is 0 Å². The average molecular weight is 172 g/mol. The SMILES string of the molecule is CN1C[C@H](O)C[C@H]1CN=C(N)N. The summed E-state index contributed by atoms with van der Waals surface area (Å²) in [5, 5.41) is 9.28. The molecule has 0 aromatic heterocycles. The predicted molar refractivity (Wildman–Crippen MR) is 47.7 cm³/mol. The van der Waals surface area contributed by atoms with Crippen molar-refractivity contribution in [2.75, 3.05) is 20.1 Å². The lowest BCUT2D eigenvalue weighted by Gasteiger charge is -2.15. The third kappa shape index (κ3) is 2.35. The van der Waals surface area contributed by atoms with Gasteiger partial charge in [-0.05, 0) is 13.5 Å². The van der Waals surface area contributed by atoms with Gasteiger partial charge in [0.2, 0.25) is 0 Å². The maximum atomic E-state index is 9.28. The van der Waals surface area contributed by atoms with E-state index in [1.54, 1.807) is 0 Å². The van der Waals surface area contributed by atoms with E-state index in [4.69, 9.17) is 11.5 Å². The van der Waals surface area contributed by atoms with Gasteiger partial charge in [0, 0.05) is 12.6 Å². The minimum Gasteiger partial charge on any atom is -0.392 e. The highest BCUT2D eigenvalue weighted by Crippen LogP contribution is 2.15. The highest BCUT2D eigenvalue weighted by molar-refractivity contribution is 5.75. The third-order valence-electron chi connectivity index (χ3n) is 2.15. The summed E-state index contributed by atoms with van der Waals surface area (Å²) in [5.41, 5.74) is 10.4. The van der Waals surface area contributed by atoms with Crippen molar-refractivity contribution in [3.05, 3.63) is 0 Å². The lowest BCUT2D eigenvalue weighted by atomic mass is 10.2. The number of aliphatic hydroxyl groups excluding tert-OH is 1. The number of aliphatic imine (C=N–C) groups is 1. The Kier molecular flexibility index (Phi) is 2.88. The number of rotatable bonds is 2. The first kappa shape index (κ1) is 9.28. The van der Waals surface area contributed by atoms with Crippen LogP contribution in [0.4, 0.5) is 0 Å². The fourth-order valence-corrected chi connectivity index (χ4v) is 1.47. The number of guanidine groups is 1. The number of hydrogen-bond acceptors (Lipinski definition) is 3. The molecule has 0 saturated carbocycles. The summed E-state index contributed by atoms with van der Waals surface area (Å²) in [6, 6.07) is 0.280. The van der Waals surface area contributed by atoms with Crippen molar-refractivity contribution in [2.24, 2.45) is 16.5 Å². The first-order chi connectivity index (χ1) is 5.59. The van der Waals surface area contributed by atoms with E-state index in [0.717, 1.165) is 6.42 Å². The highest BCUT2D eigenvalue weighted by atomic mass is 16.3. The van der Waals surface area contributed by atoms with Crippen LogP contribution in [0.15, 0.2) is 4.99 Å². The summed E-state index contributed by atoms with van der Waals surface area (Å²) < 4.78 is 0. The fourth-order valence-electron chi connectivity index (χ4n) is 1.47. The molecule has 70 valence electrons. The van der Waals surface area contributed by atoms with Crippen molar-refractivity contribution < 1.29 is 5.11 Å². The van der Waals surface area contributed by atoms with Crippen LogP contribution >= 0.6 is 0 Å². The number of likely N-dealkylation sites (N-methyl/N-ethyl adjacent to an activating group) is 1. The zero-order valence-corrected chi connectivity index (χ0v) is 7.27. The first-order valence-electron chi connectivity index (χ1n) is 4.03. The summed E-state index contributed by atoms with van der Waals surface area (Å²) in [5.74, 6) is 0.116. The molecule has 0 aliphatic carbocycles. The van der Waals surface area contributed by atoms with E-state index in [2.05, 4.69) is 9.89 Å². The molecule has 0 aromatic rings. The van der Waals surface area contributed by atoms with E-state index in [-0.39, 0.29) is 18.1 Å². The van der Waals surface area contributed by atoms with Crippen LogP contribution in [0.2, 0.25) is 0 Å². The lowest BCUT2D eigenvalue weighted by molar-refractivity contribution is 0.182. The Labute approximate surface area is 72.1 Å². The van der Waals surface area contributed by atoms with Crippen molar-refractivity contribution in [2.45, 2.75) is 18.6 Å². The Morgan fingerprint density at radius 1 is 1.67 bits per heavy atom. The molecule has 1 aliphatic rings. The molecular weight excluding hydrogens is 156 g/mol. The van der Waals surface area contributed by atoms with Crippen molar-refractivity contribution in [1.82, 2.24) is 4.90 Å². The standard InChI is InChI=1S/C7H16N4O/c1-11-4-6(12)2-5(11)3-10-7(8)9/h5-6,12H,2-4H2,1H3,(H4,8,9,10)/t5-,6+/m0/s1. The van der Waals surface area contributed by atoms with Crippen molar-refractivity contribution >= 4 is 5.96 Å². The molecule has 5 heteroatoms. The number of nitrogens with zero attached hydrogens (tertiary/aromatic N) is 2. The van der Waals surface area contributed by atoms with E-state index in [0.29, 0.717) is 13.1 Å². The molecule has 12 heavy (non-hydrogen) atoms. The zero-order valence-electron chi connectivity index (χ0n) is 7.27. The number of hydrogen-bond donors (Lipinski definition) is 3. The molecule has 0 bridgehead atoms. The second kappa shape index (κ2) is 3.73. The summed E-state index contributed by atoms with van der Waals surface area (Å²) in [7, 11) is 1.96. The Hall–Kier alpha value is -0.810. The second-order valence-corrected chi connectivity index (χ2v) is 3.25. The van der Waals surface area contributed by atoms with Crippen LogP contribution in [0.1, 0.15) is 6.42 Å². The normalized spacial score (nSPS) is 30.5. The maximum Gasteiger partial charge on any atom is 0.185 e. The van der Waals surface area contributed by atoms with E-state index in [1.165, 1.54) is 0 Å². The van der Waals surface area contributed by atoms with Crippen molar-refractivity contribution in [1.29, 1.82) is 0 Å². The van der Waals surface area contributed by atoms with Gasteiger partial charge in [0.25, 0.3) is 0 Å². The molecule has 5 N–H and O–H groups in total. The largest absolute Gasteiger partial charge is 0.392 e. The average Bonchev–Trinajstić information content (AvgIpc) is 2.26. The second-order valence-electron chi connectivity index (χ2n) is 3.25. The Bertz CT molecular complexity index is 178. The monoisotopic (exact) mass is 172 g/mol. The van der Waals surface area contributed by atoms with Gasteiger partial charge in [-0.15, -0.1) is 0 Å². The van der Waals surface area contributed by atoms with Gasteiger partial charge in [-0.1, -0.05) is 0 Å². The molecule has 1 aliphatic heterocycles. The molecule has 2 atom stereocenters. The van der Waals surface area contributed by atoms with Gasteiger partial charge >= 0.3 is 0 Å². The quantitative estimate of drug-likeness (QED) is 0.343. The van der Waals surface area contributed by atoms with Crippen LogP contribution in [0, 0.1) is 0 Å². The van der Waals surface area contributed by atoms with E-state index in [9.17, 15) is 5.11 Å². The summed E-state index contributed by atoms with van der Waals surface area (Å²) in [4.78, 5) is 5.98. The molecule has 1 heterocycles. The Balaban J connectivity index is 2.38. The van der Waals surface area contributed by atoms with E-state index < -0.39 is 0 Å². The van der Waals surface area contributed by atoms with Gasteiger partial charge in [-0.3, -0.25) is 9.89 Å². The number of β-amino-alcohol motifs (C(OH)–C–C–N with tert-alkyl or cyclic N) is 1. The molecule has 1 saturated heterocycles. The third-order valence-corrected chi connectivity index (χ3v) is 2.15. The smallest absolute Gasteiger partial charge is 0.185 e. The Morgan fingerprint density at radius 3 is 2.75 bits per heavy atom. The van der Waals surface area contributed by atoms with Crippen LogP contribution in [0.3, 0.4) is 0 Å². The topological polar surface area (TPSA) is 87.9 Å². The maximum absolute atomic E-state index is 9.28. The molecule has 5 nitrogen and oxygen atoms in total. The minimum atomic E-state index is -0.228. The van der Waals surface area contributed by atoms with Gasteiger partial charge in [0.1, 0.15) is 0 Å². The molecule has 0 radical (unpaired) electrons. The van der Waals surface area contributed by atoms with Crippen LogP contribution in [-0.4, -0.2) is 48.2 Å². The molecule has 0 amide bonds. The van der Waals surface area contributed by atoms with Crippen molar-refractivity contribution in [3.8, 4) is 0 Å². The van der Waals surface area contributed by atoms with Crippen LogP contribution in [-0.2, 0) is 0 Å². The number of likely N-dealkylation sites (tertiary alicyclic amines) is 1. The fraction of sp³-hybridized carbons (Fsp3) is 0.857. The highest BCUT2D eigenvalue weighted by Gasteiger charge is 2.27. The summed E-state index contributed by atoms with van der Waals surface area (Å²) in [6.45, 7) is 1.29. The molecule has 0 spiro atoms. The summed E-state index contributed by atoms with van der Waals surface area (Å²) >= 11 is 0. The molecule has 1 rings (SSSR count). The van der Waals surface area contributed by atoms with Gasteiger partial charge in [0.15, 0.2) is 5.96 Å². The first-order valence-corrected chi connectivity index (χ1v) is 4.03. The molecule has 1 fully saturated rings. The number of nitrogens with two attached hydrogens (primary N) is 2. The Morgan fingerprint density at radius 2 is 2.33 bits per heavy atom. The number of aliphatic hydroxyl groups is 1. The molecular formula is C7H16N4O.